The maximum atomic E-state index is 9.08. The standard InChI is InChI=1S/C11H14N4/c1-8-2-4-14-11(10(8)6-12)15-5-3-9(13)7-15/h2,4,9H,3,5,7,13H2,1H3. The fraction of sp³-hybridized carbons (Fsp3) is 0.455. The van der Waals surface area contributed by atoms with Gasteiger partial charge in [-0.05, 0) is 25.0 Å². The topological polar surface area (TPSA) is 65.9 Å². The zero-order valence-electron chi connectivity index (χ0n) is 8.77. The summed E-state index contributed by atoms with van der Waals surface area (Å²) in [5, 5.41) is 9.08. The summed E-state index contributed by atoms with van der Waals surface area (Å²) in [5.41, 5.74) is 7.49. The monoisotopic (exact) mass is 202 g/mol. The summed E-state index contributed by atoms with van der Waals surface area (Å²) in [6.45, 7) is 3.62. The molecule has 15 heavy (non-hydrogen) atoms. The zero-order chi connectivity index (χ0) is 10.8. The van der Waals surface area contributed by atoms with E-state index >= 15 is 0 Å². The minimum absolute atomic E-state index is 0.207. The van der Waals surface area contributed by atoms with E-state index in [1.54, 1.807) is 6.20 Å². The van der Waals surface area contributed by atoms with Crippen molar-refractivity contribution in [2.24, 2.45) is 5.73 Å². The normalized spacial score (nSPS) is 20.3. The Labute approximate surface area is 89.3 Å². The Morgan fingerprint density at radius 2 is 2.47 bits per heavy atom. The van der Waals surface area contributed by atoms with Crippen LogP contribution in [0.15, 0.2) is 12.3 Å². The maximum absolute atomic E-state index is 9.08. The van der Waals surface area contributed by atoms with Gasteiger partial charge in [0.2, 0.25) is 0 Å². The number of nitrogens with two attached hydrogens (primary N) is 1. The average molecular weight is 202 g/mol. The van der Waals surface area contributed by atoms with Crippen molar-refractivity contribution in [3.8, 4) is 6.07 Å². The number of nitriles is 1. The first-order chi connectivity index (χ1) is 7.22. The molecule has 78 valence electrons. The highest BCUT2D eigenvalue weighted by Gasteiger charge is 2.22. The highest BCUT2D eigenvalue weighted by atomic mass is 15.2. The lowest BCUT2D eigenvalue weighted by molar-refractivity contribution is 0.751. The highest BCUT2D eigenvalue weighted by molar-refractivity contribution is 5.57. The van der Waals surface area contributed by atoms with Crippen molar-refractivity contribution >= 4 is 5.82 Å². The van der Waals surface area contributed by atoms with E-state index in [4.69, 9.17) is 11.0 Å². The molecule has 1 saturated heterocycles. The Balaban J connectivity index is 2.36. The van der Waals surface area contributed by atoms with Crippen LogP contribution in [0.25, 0.3) is 0 Å². The Bertz CT molecular complexity index is 408. The van der Waals surface area contributed by atoms with Gasteiger partial charge in [-0.25, -0.2) is 4.98 Å². The molecule has 1 fully saturated rings. The lowest BCUT2D eigenvalue weighted by atomic mass is 10.1. The summed E-state index contributed by atoms with van der Waals surface area (Å²) in [4.78, 5) is 6.37. The van der Waals surface area contributed by atoms with E-state index in [-0.39, 0.29) is 6.04 Å². The quantitative estimate of drug-likeness (QED) is 0.731. The first-order valence-electron chi connectivity index (χ1n) is 5.08. The van der Waals surface area contributed by atoms with Gasteiger partial charge in [-0.1, -0.05) is 0 Å². The van der Waals surface area contributed by atoms with Crippen LogP contribution in [0.2, 0.25) is 0 Å². The van der Waals surface area contributed by atoms with E-state index in [2.05, 4.69) is 16.0 Å². The van der Waals surface area contributed by atoms with Crippen LogP contribution in [-0.2, 0) is 0 Å². The van der Waals surface area contributed by atoms with Gasteiger partial charge in [0.1, 0.15) is 11.9 Å². The number of nitrogens with zero attached hydrogens (tertiary/aromatic N) is 3. The van der Waals surface area contributed by atoms with E-state index in [0.29, 0.717) is 5.56 Å². The molecule has 4 nitrogen and oxygen atoms in total. The van der Waals surface area contributed by atoms with E-state index in [1.165, 1.54) is 0 Å². The van der Waals surface area contributed by atoms with E-state index in [0.717, 1.165) is 30.9 Å². The van der Waals surface area contributed by atoms with Crippen LogP contribution in [0.5, 0.6) is 0 Å². The largest absolute Gasteiger partial charge is 0.354 e. The number of aromatic nitrogens is 1. The molecule has 1 aromatic heterocycles. The molecule has 2 rings (SSSR count). The molecule has 1 unspecified atom stereocenters. The molecule has 0 spiro atoms. The lowest BCUT2D eigenvalue weighted by Gasteiger charge is -2.18. The van der Waals surface area contributed by atoms with Gasteiger partial charge in [0.25, 0.3) is 0 Å². The maximum Gasteiger partial charge on any atom is 0.146 e. The fourth-order valence-electron chi connectivity index (χ4n) is 1.90. The van der Waals surface area contributed by atoms with E-state index in [9.17, 15) is 0 Å². The predicted molar refractivity (Wildman–Crippen MR) is 58.5 cm³/mol. The fourth-order valence-corrected chi connectivity index (χ4v) is 1.90. The Morgan fingerprint density at radius 1 is 1.67 bits per heavy atom. The number of hydrogen-bond donors (Lipinski definition) is 1. The van der Waals surface area contributed by atoms with Crippen LogP contribution in [-0.4, -0.2) is 24.1 Å². The van der Waals surface area contributed by atoms with Crippen molar-refractivity contribution < 1.29 is 0 Å². The van der Waals surface area contributed by atoms with Crippen molar-refractivity contribution in [2.75, 3.05) is 18.0 Å². The number of pyridine rings is 1. The summed E-state index contributed by atoms with van der Waals surface area (Å²) in [6, 6.07) is 4.28. The summed E-state index contributed by atoms with van der Waals surface area (Å²) >= 11 is 0. The molecule has 0 aliphatic carbocycles. The molecule has 1 atom stereocenters. The second-order valence-corrected chi connectivity index (χ2v) is 3.93. The van der Waals surface area contributed by atoms with Crippen LogP contribution in [0.4, 0.5) is 5.82 Å². The van der Waals surface area contributed by atoms with E-state index in [1.807, 2.05) is 13.0 Å². The minimum Gasteiger partial charge on any atom is -0.354 e. The van der Waals surface area contributed by atoms with Crippen molar-refractivity contribution in [2.45, 2.75) is 19.4 Å². The molecule has 0 radical (unpaired) electrons. The Morgan fingerprint density at radius 3 is 3.07 bits per heavy atom. The molecule has 0 amide bonds. The van der Waals surface area contributed by atoms with Gasteiger partial charge in [0.05, 0.1) is 5.56 Å². The van der Waals surface area contributed by atoms with Crippen molar-refractivity contribution in [3.05, 3.63) is 23.4 Å². The third kappa shape index (κ3) is 1.79. The minimum atomic E-state index is 0.207. The molecule has 0 saturated carbocycles. The van der Waals surface area contributed by atoms with Gasteiger partial charge in [0.15, 0.2) is 0 Å². The Kier molecular flexibility index (Phi) is 2.57. The Hall–Kier alpha value is -1.60. The third-order valence-corrected chi connectivity index (χ3v) is 2.78. The van der Waals surface area contributed by atoms with Crippen LogP contribution >= 0.6 is 0 Å². The lowest BCUT2D eigenvalue weighted by Crippen LogP contribution is -2.27. The second kappa shape index (κ2) is 3.87. The van der Waals surface area contributed by atoms with Crippen molar-refractivity contribution in [1.82, 2.24) is 4.98 Å². The number of rotatable bonds is 1. The molecular formula is C11H14N4. The summed E-state index contributed by atoms with van der Waals surface area (Å²) in [6.07, 6.45) is 2.72. The number of hydrogen-bond acceptors (Lipinski definition) is 4. The van der Waals surface area contributed by atoms with Gasteiger partial charge in [0, 0.05) is 25.3 Å². The van der Waals surface area contributed by atoms with Crippen molar-refractivity contribution in [3.63, 3.8) is 0 Å². The average Bonchev–Trinajstić information content (AvgIpc) is 2.64. The van der Waals surface area contributed by atoms with Gasteiger partial charge in [-0.15, -0.1) is 0 Å². The zero-order valence-corrected chi connectivity index (χ0v) is 8.77. The SMILES string of the molecule is Cc1ccnc(N2CCC(N)C2)c1C#N. The first kappa shape index (κ1) is 9.94. The molecule has 2 heterocycles. The van der Waals surface area contributed by atoms with Crippen LogP contribution in [0, 0.1) is 18.3 Å². The third-order valence-electron chi connectivity index (χ3n) is 2.78. The van der Waals surface area contributed by atoms with Crippen LogP contribution < -0.4 is 10.6 Å². The number of anilines is 1. The van der Waals surface area contributed by atoms with Crippen LogP contribution in [0.3, 0.4) is 0 Å². The summed E-state index contributed by atoms with van der Waals surface area (Å²) < 4.78 is 0. The van der Waals surface area contributed by atoms with Gasteiger partial charge >= 0.3 is 0 Å². The molecule has 0 aromatic carbocycles. The van der Waals surface area contributed by atoms with Crippen molar-refractivity contribution in [1.29, 1.82) is 5.26 Å². The summed E-state index contributed by atoms with van der Waals surface area (Å²) in [5.74, 6) is 0.783. The molecular weight excluding hydrogens is 188 g/mol. The summed E-state index contributed by atoms with van der Waals surface area (Å²) in [7, 11) is 0. The molecule has 2 N–H and O–H groups in total. The molecule has 1 aliphatic rings. The predicted octanol–water partition coefficient (Wildman–Crippen LogP) is 0.799. The smallest absolute Gasteiger partial charge is 0.146 e. The van der Waals surface area contributed by atoms with E-state index < -0.39 is 0 Å². The molecule has 0 bridgehead atoms. The van der Waals surface area contributed by atoms with Gasteiger partial charge in [-0.3, -0.25) is 0 Å². The second-order valence-electron chi connectivity index (χ2n) is 3.93. The first-order valence-corrected chi connectivity index (χ1v) is 5.08. The van der Waals surface area contributed by atoms with Crippen LogP contribution in [0.1, 0.15) is 17.5 Å². The molecule has 1 aromatic rings. The highest BCUT2D eigenvalue weighted by Crippen LogP contribution is 2.23. The molecule has 1 aliphatic heterocycles. The number of aryl methyl sites for hydroxylation is 1. The van der Waals surface area contributed by atoms with Gasteiger partial charge in [-0.2, -0.15) is 5.26 Å². The molecule has 4 heteroatoms. The van der Waals surface area contributed by atoms with Gasteiger partial charge < -0.3 is 10.6 Å².